The molecular formula is C20H19N5O2S. The van der Waals surface area contributed by atoms with Gasteiger partial charge in [0.05, 0.1) is 5.39 Å². The van der Waals surface area contributed by atoms with E-state index in [0.29, 0.717) is 27.8 Å². The summed E-state index contributed by atoms with van der Waals surface area (Å²) >= 11 is 1.44. The number of nitrogens with zero attached hydrogens (tertiary/aromatic N) is 3. The number of carbonyl (C=O) groups is 1. The molecule has 0 aliphatic carbocycles. The zero-order valence-electron chi connectivity index (χ0n) is 15.5. The molecule has 0 atom stereocenters. The van der Waals surface area contributed by atoms with E-state index in [2.05, 4.69) is 32.4 Å². The summed E-state index contributed by atoms with van der Waals surface area (Å²) in [5.74, 6) is 1.13. The lowest BCUT2D eigenvalue weighted by Gasteiger charge is -2.08. The van der Waals surface area contributed by atoms with Crippen molar-refractivity contribution in [1.29, 1.82) is 0 Å². The number of aromatic nitrogens is 4. The number of benzene rings is 1. The molecule has 28 heavy (non-hydrogen) atoms. The van der Waals surface area contributed by atoms with Gasteiger partial charge in [0, 0.05) is 28.5 Å². The second kappa shape index (κ2) is 7.77. The van der Waals surface area contributed by atoms with Crippen LogP contribution in [0.15, 0.2) is 42.7 Å². The van der Waals surface area contributed by atoms with Gasteiger partial charge in [0.1, 0.15) is 11.5 Å². The molecule has 142 valence electrons. The summed E-state index contributed by atoms with van der Waals surface area (Å²) < 4.78 is 6.05. The summed E-state index contributed by atoms with van der Waals surface area (Å²) in [5, 5.41) is 11.6. The van der Waals surface area contributed by atoms with Gasteiger partial charge < -0.3 is 4.74 Å². The molecule has 0 aliphatic rings. The van der Waals surface area contributed by atoms with Gasteiger partial charge in [-0.25, -0.2) is 9.97 Å². The molecule has 2 N–H and O–H groups in total. The predicted octanol–water partition coefficient (Wildman–Crippen LogP) is 4.72. The molecule has 0 aliphatic heterocycles. The van der Waals surface area contributed by atoms with Crippen molar-refractivity contribution in [2.24, 2.45) is 0 Å². The van der Waals surface area contributed by atoms with E-state index in [1.807, 2.05) is 13.0 Å². The molecule has 4 rings (SSSR count). The van der Waals surface area contributed by atoms with Crippen LogP contribution in [0.25, 0.3) is 11.0 Å². The summed E-state index contributed by atoms with van der Waals surface area (Å²) in [4.78, 5) is 21.8. The number of aryl methyl sites for hydroxylation is 2. The van der Waals surface area contributed by atoms with Gasteiger partial charge in [0.2, 0.25) is 0 Å². The minimum absolute atomic E-state index is 0.202. The van der Waals surface area contributed by atoms with Crippen LogP contribution in [-0.4, -0.2) is 26.1 Å². The third-order valence-electron chi connectivity index (χ3n) is 4.18. The number of nitrogens with one attached hydrogen (secondary N) is 2. The lowest BCUT2D eigenvalue weighted by atomic mass is 10.1. The number of rotatable bonds is 6. The number of thiazole rings is 1. The Morgan fingerprint density at radius 3 is 2.75 bits per heavy atom. The van der Waals surface area contributed by atoms with E-state index < -0.39 is 0 Å². The SMILES string of the molecule is CCCc1[nH]nc2nccc(Oc3ccc(C(=O)Nc4ncc(C)s4)cc3)c12. The number of carbonyl (C=O) groups excluding carboxylic acids is 1. The maximum absolute atomic E-state index is 12.3. The molecular weight excluding hydrogens is 374 g/mol. The van der Waals surface area contributed by atoms with Gasteiger partial charge in [-0.15, -0.1) is 11.3 Å². The van der Waals surface area contributed by atoms with Crippen molar-refractivity contribution in [1.82, 2.24) is 20.2 Å². The summed E-state index contributed by atoms with van der Waals surface area (Å²) in [6, 6.07) is 8.82. The molecule has 0 saturated heterocycles. The number of pyridine rings is 1. The zero-order chi connectivity index (χ0) is 19.5. The Labute approximate surface area is 165 Å². The number of hydrogen-bond acceptors (Lipinski definition) is 6. The maximum atomic E-state index is 12.3. The number of aromatic amines is 1. The number of amides is 1. The summed E-state index contributed by atoms with van der Waals surface area (Å²) in [6.45, 7) is 4.06. The molecule has 1 aromatic carbocycles. The van der Waals surface area contributed by atoms with Gasteiger partial charge in [-0.05, 0) is 43.7 Å². The highest BCUT2D eigenvalue weighted by atomic mass is 32.1. The maximum Gasteiger partial charge on any atom is 0.257 e. The first-order valence-electron chi connectivity index (χ1n) is 8.97. The van der Waals surface area contributed by atoms with Gasteiger partial charge >= 0.3 is 0 Å². The van der Waals surface area contributed by atoms with Crippen LogP contribution in [0.3, 0.4) is 0 Å². The number of H-pyrrole nitrogens is 1. The lowest BCUT2D eigenvalue weighted by molar-refractivity contribution is 0.102. The van der Waals surface area contributed by atoms with Crippen molar-refractivity contribution >= 4 is 33.4 Å². The highest BCUT2D eigenvalue weighted by Crippen LogP contribution is 2.31. The summed E-state index contributed by atoms with van der Waals surface area (Å²) in [7, 11) is 0. The molecule has 4 aromatic rings. The molecule has 3 heterocycles. The Bertz CT molecular complexity index is 1120. The molecule has 0 bridgehead atoms. The average Bonchev–Trinajstić information content (AvgIpc) is 3.29. The first kappa shape index (κ1) is 18.1. The van der Waals surface area contributed by atoms with E-state index in [1.165, 1.54) is 11.3 Å². The van der Waals surface area contributed by atoms with Crippen LogP contribution in [0.1, 0.15) is 34.3 Å². The van der Waals surface area contributed by atoms with Gasteiger partial charge in [-0.2, -0.15) is 5.10 Å². The quantitative estimate of drug-likeness (QED) is 0.494. The highest BCUT2D eigenvalue weighted by Gasteiger charge is 2.13. The molecule has 0 spiro atoms. The Hall–Kier alpha value is -3.26. The van der Waals surface area contributed by atoms with E-state index in [9.17, 15) is 4.79 Å². The highest BCUT2D eigenvalue weighted by molar-refractivity contribution is 7.15. The van der Waals surface area contributed by atoms with E-state index in [-0.39, 0.29) is 5.91 Å². The Balaban J connectivity index is 1.53. The molecule has 3 aromatic heterocycles. The van der Waals surface area contributed by atoms with Gasteiger partial charge in [-0.3, -0.25) is 15.2 Å². The van der Waals surface area contributed by atoms with Crippen LogP contribution < -0.4 is 10.1 Å². The summed E-state index contributed by atoms with van der Waals surface area (Å²) in [6.07, 6.45) is 5.27. The topological polar surface area (TPSA) is 92.8 Å². The van der Waals surface area contributed by atoms with Crippen molar-refractivity contribution in [2.45, 2.75) is 26.7 Å². The van der Waals surface area contributed by atoms with Gasteiger partial charge in [0.25, 0.3) is 5.91 Å². The van der Waals surface area contributed by atoms with Crippen LogP contribution in [0.4, 0.5) is 5.13 Å². The predicted molar refractivity (Wildman–Crippen MR) is 109 cm³/mol. The largest absolute Gasteiger partial charge is 0.456 e. The van der Waals surface area contributed by atoms with E-state index in [4.69, 9.17) is 4.74 Å². The first-order valence-corrected chi connectivity index (χ1v) is 9.79. The van der Waals surface area contributed by atoms with Crippen LogP contribution >= 0.6 is 11.3 Å². The molecule has 8 heteroatoms. The second-order valence-electron chi connectivity index (χ2n) is 6.32. The van der Waals surface area contributed by atoms with Crippen molar-refractivity contribution in [3.8, 4) is 11.5 Å². The van der Waals surface area contributed by atoms with Crippen molar-refractivity contribution in [3.63, 3.8) is 0 Å². The second-order valence-corrected chi connectivity index (χ2v) is 7.55. The average molecular weight is 393 g/mol. The van der Waals surface area contributed by atoms with Crippen LogP contribution in [-0.2, 0) is 6.42 Å². The number of ether oxygens (including phenoxy) is 1. The normalized spacial score (nSPS) is 10.9. The molecule has 7 nitrogen and oxygen atoms in total. The first-order chi connectivity index (χ1) is 13.6. The van der Waals surface area contributed by atoms with Crippen LogP contribution in [0, 0.1) is 6.92 Å². The standard InChI is InChI=1S/C20H19N5O2S/c1-3-4-15-17-16(9-10-21-18(17)25-24-15)27-14-7-5-13(6-8-14)19(26)23-20-22-11-12(2)28-20/h5-11H,3-4H2,1-2H3,(H,21,24,25)(H,22,23,26). The Kier molecular flexibility index (Phi) is 5.03. The van der Waals surface area contributed by atoms with E-state index in [0.717, 1.165) is 28.8 Å². The fourth-order valence-corrected chi connectivity index (χ4v) is 3.54. The molecule has 1 amide bonds. The Morgan fingerprint density at radius 2 is 2.04 bits per heavy atom. The van der Waals surface area contributed by atoms with Gasteiger partial charge in [-0.1, -0.05) is 13.3 Å². The van der Waals surface area contributed by atoms with Crippen molar-refractivity contribution in [3.05, 3.63) is 58.9 Å². The number of hydrogen-bond donors (Lipinski definition) is 2. The minimum Gasteiger partial charge on any atom is -0.456 e. The smallest absolute Gasteiger partial charge is 0.257 e. The Morgan fingerprint density at radius 1 is 1.21 bits per heavy atom. The lowest BCUT2D eigenvalue weighted by Crippen LogP contribution is -2.11. The van der Waals surface area contributed by atoms with E-state index in [1.54, 1.807) is 36.7 Å². The van der Waals surface area contributed by atoms with Gasteiger partial charge in [0.15, 0.2) is 10.8 Å². The zero-order valence-corrected chi connectivity index (χ0v) is 16.3. The fourth-order valence-electron chi connectivity index (χ4n) is 2.88. The number of fused-ring (bicyclic) bond motifs is 1. The monoisotopic (exact) mass is 393 g/mol. The molecule has 0 saturated carbocycles. The van der Waals surface area contributed by atoms with E-state index >= 15 is 0 Å². The minimum atomic E-state index is -0.202. The van der Waals surface area contributed by atoms with Crippen molar-refractivity contribution < 1.29 is 9.53 Å². The third kappa shape index (κ3) is 3.72. The molecule has 0 unspecified atom stereocenters. The van der Waals surface area contributed by atoms with Crippen LogP contribution in [0.2, 0.25) is 0 Å². The molecule has 0 fully saturated rings. The number of anilines is 1. The van der Waals surface area contributed by atoms with Crippen LogP contribution in [0.5, 0.6) is 11.5 Å². The fraction of sp³-hybridized carbons (Fsp3) is 0.200. The summed E-state index contributed by atoms with van der Waals surface area (Å²) in [5.41, 5.74) is 2.18. The van der Waals surface area contributed by atoms with Crippen molar-refractivity contribution in [2.75, 3.05) is 5.32 Å². The molecule has 0 radical (unpaired) electrons. The third-order valence-corrected chi connectivity index (χ3v) is 5.01.